The number of carbonyl (C=O) groups excluding carboxylic acids is 1. The van der Waals surface area contributed by atoms with Crippen molar-refractivity contribution >= 4 is 5.91 Å². The molecule has 1 amide bonds. The van der Waals surface area contributed by atoms with Gasteiger partial charge in [-0.15, -0.1) is 0 Å². The summed E-state index contributed by atoms with van der Waals surface area (Å²) in [7, 11) is 0. The van der Waals surface area contributed by atoms with Crippen molar-refractivity contribution in [2.45, 2.75) is 33.7 Å². The lowest BCUT2D eigenvalue weighted by molar-refractivity contribution is -0.132. The number of aryl methyl sites for hydroxylation is 1. The van der Waals surface area contributed by atoms with Gasteiger partial charge in [0, 0.05) is 19.5 Å². The summed E-state index contributed by atoms with van der Waals surface area (Å²) in [6.45, 7) is 8.66. The molecule has 6 heteroatoms. The minimum absolute atomic E-state index is 0.0427. The van der Waals surface area contributed by atoms with E-state index in [0.29, 0.717) is 32.6 Å². The van der Waals surface area contributed by atoms with Crippen molar-refractivity contribution in [3.8, 4) is 0 Å². The lowest BCUT2D eigenvalue weighted by Gasteiger charge is -2.31. The second-order valence-corrected chi connectivity index (χ2v) is 5.18. The van der Waals surface area contributed by atoms with E-state index in [2.05, 4.69) is 23.9 Å². The first-order chi connectivity index (χ1) is 8.48. The van der Waals surface area contributed by atoms with Crippen molar-refractivity contribution < 1.29 is 4.79 Å². The molecular formula is C12H23N5O. The fraction of sp³-hybridized carbons (Fsp3) is 0.750. The zero-order chi connectivity index (χ0) is 13.6. The smallest absolute Gasteiger partial charge is 0.224 e. The van der Waals surface area contributed by atoms with Crippen LogP contribution in [0.4, 0.5) is 0 Å². The Kier molecular flexibility index (Phi) is 5.27. The monoisotopic (exact) mass is 253 g/mol. The molecule has 1 rings (SSSR count). The second kappa shape index (κ2) is 6.49. The van der Waals surface area contributed by atoms with Crippen molar-refractivity contribution in [2.75, 3.05) is 19.6 Å². The van der Waals surface area contributed by atoms with E-state index in [0.717, 1.165) is 0 Å². The standard InChI is InChI=1S/C12H23N5O/c1-4-16(8-12(2,3)7-13)11(18)5-6-17-10-14-9-15-17/h9-10H,4-8,13H2,1-3H3. The number of hydrogen-bond donors (Lipinski definition) is 1. The minimum atomic E-state index is -0.0427. The van der Waals surface area contributed by atoms with Gasteiger partial charge in [0.05, 0.1) is 6.54 Å². The van der Waals surface area contributed by atoms with E-state index in [1.54, 1.807) is 11.0 Å². The Morgan fingerprint density at radius 3 is 2.72 bits per heavy atom. The maximum atomic E-state index is 12.1. The normalized spacial score (nSPS) is 11.6. The molecule has 0 aromatic carbocycles. The molecule has 0 atom stereocenters. The summed E-state index contributed by atoms with van der Waals surface area (Å²) in [4.78, 5) is 17.8. The highest BCUT2D eigenvalue weighted by Crippen LogP contribution is 2.15. The van der Waals surface area contributed by atoms with E-state index in [1.165, 1.54) is 6.33 Å². The molecule has 0 fully saturated rings. The maximum absolute atomic E-state index is 12.1. The van der Waals surface area contributed by atoms with Gasteiger partial charge in [-0.25, -0.2) is 4.98 Å². The topological polar surface area (TPSA) is 77.0 Å². The first-order valence-corrected chi connectivity index (χ1v) is 6.29. The highest BCUT2D eigenvalue weighted by molar-refractivity contribution is 5.76. The van der Waals surface area contributed by atoms with Crippen LogP contribution in [0.5, 0.6) is 0 Å². The maximum Gasteiger partial charge on any atom is 0.224 e. The van der Waals surface area contributed by atoms with Crippen molar-refractivity contribution in [1.29, 1.82) is 0 Å². The third kappa shape index (κ3) is 4.44. The fourth-order valence-corrected chi connectivity index (χ4v) is 1.67. The zero-order valence-electron chi connectivity index (χ0n) is 11.5. The average molecular weight is 253 g/mol. The van der Waals surface area contributed by atoms with E-state index in [9.17, 15) is 4.79 Å². The van der Waals surface area contributed by atoms with Crippen LogP contribution in [0, 0.1) is 5.41 Å². The van der Waals surface area contributed by atoms with Crippen molar-refractivity contribution in [3.05, 3.63) is 12.7 Å². The average Bonchev–Trinajstić information content (AvgIpc) is 2.86. The highest BCUT2D eigenvalue weighted by atomic mass is 16.2. The molecule has 1 aromatic rings. The van der Waals surface area contributed by atoms with Crippen LogP contribution in [-0.4, -0.2) is 45.2 Å². The van der Waals surface area contributed by atoms with Crippen molar-refractivity contribution in [3.63, 3.8) is 0 Å². The van der Waals surface area contributed by atoms with Crippen LogP contribution in [-0.2, 0) is 11.3 Å². The van der Waals surface area contributed by atoms with Crippen LogP contribution in [0.15, 0.2) is 12.7 Å². The van der Waals surface area contributed by atoms with Crippen LogP contribution in [0.3, 0.4) is 0 Å². The SMILES string of the molecule is CCN(CC(C)(C)CN)C(=O)CCn1cncn1. The third-order valence-corrected chi connectivity index (χ3v) is 2.93. The summed E-state index contributed by atoms with van der Waals surface area (Å²) >= 11 is 0. The Labute approximate surface area is 108 Å². The van der Waals surface area contributed by atoms with Crippen LogP contribution in [0.1, 0.15) is 27.2 Å². The van der Waals surface area contributed by atoms with Crippen LogP contribution < -0.4 is 5.73 Å². The quantitative estimate of drug-likeness (QED) is 0.767. The van der Waals surface area contributed by atoms with E-state index >= 15 is 0 Å². The van der Waals surface area contributed by atoms with Gasteiger partial charge in [0.25, 0.3) is 0 Å². The Balaban J connectivity index is 2.47. The van der Waals surface area contributed by atoms with E-state index < -0.39 is 0 Å². The van der Waals surface area contributed by atoms with Gasteiger partial charge in [0.15, 0.2) is 0 Å². The summed E-state index contributed by atoms with van der Waals surface area (Å²) in [6, 6.07) is 0. The predicted molar refractivity (Wildman–Crippen MR) is 69.7 cm³/mol. The molecule has 102 valence electrons. The number of amides is 1. The highest BCUT2D eigenvalue weighted by Gasteiger charge is 2.22. The van der Waals surface area contributed by atoms with Gasteiger partial charge < -0.3 is 10.6 Å². The minimum Gasteiger partial charge on any atom is -0.342 e. The number of nitrogens with zero attached hydrogens (tertiary/aromatic N) is 4. The van der Waals surface area contributed by atoms with Gasteiger partial charge in [0.1, 0.15) is 12.7 Å². The summed E-state index contributed by atoms with van der Waals surface area (Å²) in [6.07, 6.45) is 3.53. The fourth-order valence-electron chi connectivity index (χ4n) is 1.67. The first kappa shape index (κ1) is 14.6. The summed E-state index contributed by atoms with van der Waals surface area (Å²) < 4.78 is 1.67. The zero-order valence-corrected chi connectivity index (χ0v) is 11.5. The van der Waals surface area contributed by atoms with Crippen LogP contribution >= 0.6 is 0 Å². The van der Waals surface area contributed by atoms with Crippen molar-refractivity contribution in [1.82, 2.24) is 19.7 Å². The lowest BCUT2D eigenvalue weighted by Crippen LogP contribution is -2.42. The molecule has 0 saturated carbocycles. The van der Waals surface area contributed by atoms with E-state index in [-0.39, 0.29) is 11.3 Å². The molecule has 0 aliphatic rings. The Hall–Kier alpha value is -1.43. The summed E-state index contributed by atoms with van der Waals surface area (Å²) in [5.74, 6) is 0.134. The third-order valence-electron chi connectivity index (χ3n) is 2.93. The van der Waals surface area contributed by atoms with Gasteiger partial charge in [-0.1, -0.05) is 13.8 Å². The number of rotatable bonds is 7. The second-order valence-electron chi connectivity index (χ2n) is 5.18. The Morgan fingerprint density at radius 2 is 2.22 bits per heavy atom. The number of nitrogens with two attached hydrogens (primary N) is 1. The molecular weight excluding hydrogens is 230 g/mol. The van der Waals surface area contributed by atoms with Gasteiger partial charge in [0.2, 0.25) is 5.91 Å². The molecule has 6 nitrogen and oxygen atoms in total. The van der Waals surface area contributed by atoms with E-state index in [4.69, 9.17) is 5.73 Å². The lowest BCUT2D eigenvalue weighted by atomic mass is 9.93. The molecule has 1 aromatic heterocycles. The van der Waals surface area contributed by atoms with Gasteiger partial charge in [-0.3, -0.25) is 9.48 Å². The van der Waals surface area contributed by atoms with E-state index in [1.807, 2.05) is 11.8 Å². The van der Waals surface area contributed by atoms with Crippen molar-refractivity contribution in [2.24, 2.45) is 11.1 Å². The summed E-state index contributed by atoms with van der Waals surface area (Å²) in [5, 5.41) is 3.98. The molecule has 0 bridgehead atoms. The Morgan fingerprint density at radius 1 is 1.50 bits per heavy atom. The molecule has 0 unspecified atom stereocenters. The molecule has 2 N–H and O–H groups in total. The predicted octanol–water partition coefficient (Wildman–Crippen LogP) is 0.502. The van der Waals surface area contributed by atoms with Gasteiger partial charge in [-0.05, 0) is 18.9 Å². The molecule has 0 aliphatic heterocycles. The molecule has 0 radical (unpaired) electrons. The number of carbonyl (C=O) groups is 1. The molecule has 0 spiro atoms. The molecule has 1 heterocycles. The van der Waals surface area contributed by atoms with Crippen LogP contribution in [0.2, 0.25) is 0 Å². The number of hydrogen-bond acceptors (Lipinski definition) is 4. The van der Waals surface area contributed by atoms with Gasteiger partial charge >= 0.3 is 0 Å². The molecule has 18 heavy (non-hydrogen) atoms. The summed E-state index contributed by atoms with van der Waals surface area (Å²) in [5.41, 5.74) is 5.66. The van der Waals surface area contributed by atoms with Gasteiger partial charge in [-0.2, -0.15) is 5.10 Å². The first-order valence-electron chi connectivity index (χ1n) is 6.29. The largest absolute Gasteiger partial charge is 0.342 e. The molecule has 0 saturated heterocycles. The number of aromatic nitrogens is 3. The molecule has 0 aliphatic carbocycles. The van der Waals surface area contributed by atoms with Crippen LogP contribution in [0.25, 0.3) is 0 Å². The Bertz CT molecular complexity index is 361.